The Hall–Kier alpha value is -4.21. The van der Waals surface area contributed by atoms with Gasteiger partial charge in [-0.15, -0.1) is 0 Å². The summed E-state index contributed by atoms with van der Waals surface area (Å²) in [7, 11) is -4.49. The van der Waals surface area contributed by atoms with E-state index in [1.54, 1.807) is 22.7 Å². The average molecular weight is 487 g/mol. The van der Waals surface area contributed by atoms with Gasteiger partial charge in [0, 0.05) is 23.5 Å². The molecule has 0 atom stereocenters. The summed E-state index contributed by atoms with van der Waals surface area (Å²) in [5, 5.41) is 0. The summed E-state index contributed by atoms with van der Waals surface area (Å²) in [6.45, 7) is 2.24. The quantitative estimate of drug-likeness (QED) is 0.331. The Morgan fingerprint density at radius 1 is 1.03 bits per heavy atom. The number of rotatable bonds is 6. The molecule has 5 rings (SSSR count). The number of aryl methyl sites for hydroxylation is 1. The number of hydrogen-bond acceptors (Lipinski definition) is 6. The van der Waals surface area contributed by atoms with Crippen LogP contribution in [0.2, 0.25) is 0 Å². The first kappa shape index (κ1) is 22.6. The van der Waals surface area contributed by atoms with E-state index in [1.165, 1.54) is 12.3 Å². The summed E-state index contributed by atoms with van der Waals surface area (Å²) >= 11 is 0. The Morgan fingerprint density at radius 3 is 2.60 bits per heavy atom. The highest BCUT2D eigenvalue weighted by atomic mass is 32.2. The lowest BCUT2D eigenvalue weighted by molar-refractivity contribution is 0.306. The molecule has 0 radical (unpaired) electrons. The summed E-state index contributed by atoms with van der Waals surface area (Å²) < 4.78 is 41.7. The van der Waals surface area contributed by atoms with Crippen LogP contribution in [0, 0.1) is 6.92 Å². The van der Waals surface area contributed by atoms with E-state index < -0.39 is 10.1 Å². The number of nitrogens with two attached hydrogens (primary N) is 1. The van der Waals surface area contributed by atoms with Gasteiger partial charge in [-0.25, -0.2) is 9.97 Å². The first-order chi connectivity index (χ1) is 16.8. The van der Waals surface area contributed by atoms with Gasteiger partial charge in [-0.1, -0.05) is 54.1 Å². The number of nitrogen functional groups attached to an aromatic ring is 1. The average Bonchev–Trinajstić information content (AvgIpc) is 3.24. The summed E-state index contributed by atoms with van der Waals surface area (Å²) in [6.07, 6.45) is 3.17. The fourth-order valence-electron chi connectivity index (χ4n) is 3.97. The third-order valence-corrected chi connectivity index (χ3v) is 6.50. The summed E-state index contributed by atoms with van der Waals surface area (Å²) in [6, 6.07) is 21.9. The molecule has 9 heteroatoms. The van der Waals surface area contributed by atoms with Crippen molar-refractivity contribution < 1.29 is 17.7 Å². The molecular formula is C26H22N4O4S. The standard InChI is InChI=1S/C26H22N4O4S/c1-17-10-11-22(35(31,32)33)21(14-17)26-29-23(24-25(27)28-12-13-30(24)26)19-8-5-9-20(15-19)34-16-18-6-3-2-4-7-18/h2-15H,16H2,1H3,(H2,27,28)(H,31,32,33). The molecule has 0 amide bonds. The molecule has 0 bridgehead atoms. The van der Waals surface area contributed by atoms with Crippen LogP contribution < -0.4 is 10.5 Å². The minimum Gasteiger partial charge on any atom is -0.489 e. The Morgan fingerprint density at radius 2 is 1.83 bits per heavy atom. The molecular weight excluding hydrogens is 464 g/mol. The first-order valence-corrected chi connectivity index (χ1v) is 12.2. The number of aromatic nitrogens is 3. The van der Waals surface area contributed by atoms with Gasteiger partial charge in [-0.05, 0) is 36.8 Å². The van der Waals surface area contributed by atoms with Crippen LogP contribution in [0.1, 0.15) is 11.1 Å². The van der Waals surface area contributed by atoms with Crippen molar-refractivity contribution in [3.05, 3.63) is 96.3 Å². The SMILES string of the molecule is Cc1ccc(S(=O)(=O)O)c(-c2nc(-c3cccc(OCc4ccccc4)c3)c3c(N)nccn23)c1. The molecule has 176 valence electrons. The number of ether oxygens (including phenoxy) is 1. The Balaban J connectivity index is 1.65. The molecule has 0 aliphatic carbocycles. The zero-order chi connectivity index (χ0) is 24.6. The van der Waals surface area contributed by atoms with E-state index in [1.807, 2.05) is 61.5 Å². The number of imidazole rings is 1. The van der Waals surface area contributed by atoms with Crippen LogP contribution in [0.15, 0.2) is 90.1 Å². The fourth-order valence-corrected chi connectivity index (χ4v) is 4.64. The molecule has 35 heavy (non-hydrogen) atoms. The van der Waals surface area contributed by atoms with E-state index in [4.69, 9.17) is 15.5 Å². The van der Waals surface area contributed by atoms with Crippen LogP contribution in [-0.2, 0) is 16.7 Å². The highest BCUT2D eigenvalue weighted by Crippen LogP contribution is 2.36. The molecule has 0 saturated heterocycles. The van der Waals surface area contributed by atoms with E-state index in [0.717, 1.165) is 16.7 Å². The number of fused-ring (bicyclic) bond motifs is 1. The maximum absolute atomic E-state index is 12.1. The second-order valence-corrected chi connectivity index (χ2v) is 9.48. The van der Waals surface area contributed by atoms with Crippen molar-refractivity contribution in [3.8, 4) is 28.4 Å². The van der Waals surface area contributed by atoms with Crippen LogP contribution in [0.3, 0.4) is 0 Å². The fraction of sp³-hybridized carbons (Fsp3) is 0.0769. The van der Waals surface area contributed by atoms with E-state index in [-0.39, 0.29) is 16.3 Å². The molecule has 2 aromatic heterocycles. The zero-order valence-electron chi connectivity index (χ0n) is 18.8. The van der Waals surface area contributed by atoms with E-state index in [0.29, 0.717) is 29.4 Å². The molecule has 0 aliphatic heterocycles. The summed E-state index contributed by atoms with van der Waals surface area (Å²) in [5.74, 6) is 1.19. The largest absolute Gasteiger partial charge is 0.489 e. The van der Waals surface area contributed by atoms with Gasteiger partial charge in [0.05, 0.1) is 0 Å². The molecule has 0 saturated carbocycles. The van der Waals surface area contributed by atoms with Gasteiger partial charge in [0.1, 0.15) is 40.1 Å². The number of nitrogens with zero attached hydrogens (tertiary/aromatic N) is 3. The monoisotopic (exact) mass is 486 g/mol. The molecule has 0 spiro atoms. The first-order valence-electron chi connectivity index (χ1n) is 10.8. The van der Waals surface area contributed by atoms with Crippen molar-refractivity contribution in [1.82, 2.24) is 14.4 Å². The predicted octanol–water partition coefficient (Wildman–Crippen LogP) is 4.78. The van der Waals surface area contributed by atoms with Crippen LogP contribution in [0.25, 0.3) is 28.2 Å². The van der Waals surface area contributed by atoms with Gasteiger partial charge in [0.25, 0.3) is 10.1 Å². The van der Waals surface area contributed by atoms with E-state index in [2.05, 4.69) is 4.98 Å². The number of anilines is 1. The topological polar surface area (TPSA) is 120 Å². The van der Waals surface area contributed by atoms with Gasteiger partial charge in [-0.3, -0.25) is 8.95 Å². The van der Waals surface area contributed by atoms with Crippen molar-refractivity contribution in [2.45, 2.75) is 18.4 Å². The predicted molar refractivity (Wildman–Crippen MR) is 134 cm³/mol. The maximum Gasteiger partial charge on any atom is 0.295 e. The second kappa shape index (κ2) is 8.86. The summed E-state index contributed by atoms with van der Waals surface area (Å²) in [4.78, 5) is 8.74. The highest BCUT2D eigenvalue weighted by molar-refractivity contribution is 7.86. The maximum atomic E-state index is 12.1. The van der Waals surface area contributed by atoms with Crippen molar-refractivity contribution in [2.24, 2.45) is 0 Å². The van der Waals surface area contributed by atoms with E-state index >= 15 is 0 Å². The molecule has 2 heterocycles. The van der Waals surface area contributed by atoms with Crippen LogP contribution in [0.5, 0.6) is 5.75 Å². The van der Waals surface area contributed by atoms with Crippen molar-refractivity contribution in [2.75, 3.05) is 5.73 Å². The van der Waals surface area contributed by atoms with Crippen molar-refractivity contribution in [1.29, 1.82) is 0 Å². The molecule has 8 nitrogen and oxygen atoms in total. The molecule has 3 N–H and O–H groups in total. The van der Waals surface area contributed by atoms with Gasteiger partial charge < -0.3 is 10.5 Å². The zero-order valence-corrected chi connectivity index (χ0v) is 19.6. The van der Waals surface area contributed by atoms with Gasteiger partial charge in [0.15, 0.2) is 0 Å². The van der Waals surface area contributed by atoms with Crippen LogP contribution in [0.4, 0.5) is 5.82 Å². The molecule has 0 fully saturated rings. The normalized spacial score (nSPS) is 11.6. The van der Waals surface area contributed by atoms with Gasteiger partial charge >= 0.3 is 0 Å². The molecule has 0 aliphatic rings. The lowest BCUT2D eigenvalue weighted by atomic mass is 10.1. The van der Waals surface area contributed by atoms with Crippen LogP contribution >= 0.6 is 0 Å². The Labute approximate surface area is 202 Å². The smallest absolute Gasteiger partial charge is 0.295 e. The lowest BCUT2D eigenvalue weighted by Crippen LogP contribution is -2.03. The number of hydrogen-bond donors (Lipinski definition) is 2. The van der Waals surface area contributed by atoms with Crippen molar-refractivity contribution >= 4 is 21.5 Å². The van der Waals surface area contributed by atoms with Crippen molar-refractivity contribution in [3.63, 3.8) is 0 Å². The minimum absolute atomic E-state index is 0.234. The minimum atomic E-state index is -4.49. The molecule has 5 aromatic rings. The Bertz CT molecular complexity index is 1650. The lowest BCUT2D eigenvalue weighted by Gasteiger charge is -2.08. The second-order valence-electron chi connectivity index (χ2n) is 8.09. The molecule has 3 aromatic carbocycles. The highest BCUT2D eigenvalue weighted by Gasteiger charge is 2.23. The van der Waals surface area contributed by atoms with Gasteiger partial charge in [-0.2, -0.15) is 8.42 Å². The third-order valence-electron chi connectivity index (χ3n) is 5.59. The third kappa shape index (κ3) is 4.46. The molecule has 0 unspecified atom stereocenters. The van der Waals surface area contributed by atoms with E-state index in [9.17, 15) is 13.0 Å². The Kier molecular flexibility index (Phi) is 5.72. The van der Waals surface area contributed by atoms with Crippen LogP contribution in [-0.4, -0.2) is 27.3 Å². The number of benzene rings is 3. The van der Waals surface area contributed by atoms with Gasteiger partial charge in [0.2, 0.25) is 0 Å². The summed E-state index contributed by atoms with van der Waals surface area (Å²) in [5.41, 5.74) is 10.1.